The lowest BCUT2D eigenvalue weighted by molar-refractivity contribution is 0.0968. The molecule has 2 aromatic rings. The van der Waals surface area contributed by atoms with E-state index in [2.05, 4.69) is 18.7 Å². The van der Waals surface area contributed by atoms with Crippen LogP contribution in [0.2, 0.25) is 5.02 Å². The Morgan fingerprint density at radius 3 is 2.29 bits per heavy atom. The highest BCUT2D eigenvalue weighted by Crippen LogP contribution is 2.27. The molecule has 0 heterocycles. The van der Waals surface area contributed by atoms with E-state index in [4.69, 9.17) is 11.6 Å². The summed E-state index contributed by atoms with van der Waals surface area (Å²) >= 11 is 6.19. The van der Waals surface area contributed by atoms with Gasteiger partial charge in [-0.15, -0.1) is 12.4 Å². The standard InChI is InChI=1S/C17H20ClNO.ClH/c1-3-19(4-2)12-11-17(20)15-9-10-16(18)14-8-6-5-7-13(14)15;/h5-10H,3-4,11-12H2,1-2H3;1H. The van der Waals surface area contributed by atoms with Gasteiger partial charge in [-0.25, -0.2) is 0 Å². The summed E-state index contributed by atoms with van der Waals surface area (Å²) in [4.78, 5) is 14.7. The molecule has 0 unspecified atom stereocenters. The highest BCUT2D eigenvalue weighted by Gasteiger charge is 2.12. The summed E-state index contributed by atoms with van der Waals surface area (Å²) in [5, 5.41) is 2.59. The molecule has 0 fully saturated rings. The molecule has 0 N–H and O–H groups in total. The van der Waals surface area contributed by atoms with Crippen LogP contribution in [0.3, 0.4) is 0 Å². The van der Waals surface area contributed by atoms with Crippen LogP contribution in [-0.4, -0.2) is 30.3 Å². The number of carbonyl (C=O) groups excluding carboxylic acids is 1. The van der Waals surface area contributed by atoms with Crippen molar-refractivity contribution < 1.29 is 4.79 Å². The van der Waals surface area contributed by atoms with Crippen molar-refractivity contribution in [1.82, 2.24) is 4.90 Å². The van der Waals surface area contributed by atoms with E-state index in [1.807, 2.05) is 36.4 Å². The Kier molecular flexibility index (Phi) is 7.16. The molecule has 0 aliphatic rings. The van der Waals surface area contributed by atoms with E-state index < -0.39 is 0 Å². The molecule has 0 aliphatic heterocycles. The third-order valence-electron chi connectivity index (χ3n) is 3.72. The molecule has 21 heavy (non-hydrogen) atoms. The second-order valence-electron chi connectivity index (χ2n) is 4.84. The smallest absolute Gasteiger partial charge is 0.164 e. The van der Waals surface area contributed by atoms with Gasteiger partial charge in [0, 0.05) is 28.9 Å². The van der Waals surface area contributed by atoms with Gasteiger partial charge in [-0.2, -0.15) is 0 Å². The molecule has 0 spiro atoms. The molecule has 2 aromatic carbocycles. The monoisotopic (exact) mass is 325 g/mol. The Bertz CT molecular complexity index is 609. The molecule has 0 aliphatic carbocycles. The van der Waals surface area contributed by atoms with Crippen molar-refractivity contribution in [3.8, 4) is 0 Å². The van der Waals surface area contributed by atoms with Crippen molar-refractivity contribution in [2.24, 2.45) is 0 Å². The first-order chi connectivity index (χ1) is 9.67. The fourth-order valence-corrected chi connectivity index (χ4v) is 2.67. The van der Waals surface area contributed by atoms with Gasteiger partial charge in [-0.3, -0.25) is 4.79 Å². The van der Waals surface area contributed by atoms with E-state index in [1.54, 1.807) is 0 Å². The summed E-state index contributed by atoms with van der Waals surface area (Å²) in [6.07, 6.45) is 0.549. The van der Waals surface area contributed by atoms with Crippen LogP contribution in [0.25, 0.3) is 10.8 Å². The molecule has 0 radical (unpaired) electrons. The number of carbonyl (C=O) groups is 1. The summed E-state index contributed by atoms with van der Waals surface area (Å²) in [5.41, 5.74) is 0.775. The molecule has 0 atom stereocenters. The molecule has 114 valence electrons. The number of hydrogen-bond donors (Lipinski definition) is 0. The zero-order valence-electron chi connectivity index (χ0n) is 12.4. The molecular weight excluding hydrogens is 305 g/mol. The minimum atomic E-state index is 0. The molecule has 0 saturated carbocycles. The van der Waals surface area contributed by atoms with Gasteiger partial charge in [0.15, 0.2) is 5.78 Å². The Balaban J connectivity index is 0.00000220. The first kappa shape index (κ1) is 18.0. The van der Waals surface area contributed by atoms with E-state index in [0.29, 0.717) is 11.4 Å². The minimum absolute atomic E-state index is 0. The van der Waals surface area contributed by atoms with Crippen molar-refractivity contribution in [2.45, 2.75) is 20.3 Å². The van der Waals surface area contributed by atoms with Gasteiger partial charge in [-0.05, 0) is 30.6 Å². The maximum absolute atomic E-state index is 12.4. The number of halogens is 2. The second kappa shape index (κ2) is 8.38. The third-order valence-corrected chi connectivity index (χ3v) is 4.05. The first-order valence-electron chi connectivity index (χ1n) is 7.10. The predicted octanol–water partition coefficient (Wildman–Crippen LogP) is 4.83. The van der Waals surface area contributed by atoms with Crippen molar-refractivity contribution >= 4 is 40.6 Å². The normalized spacial score (nSPS) is 10.7. The molecule has 0 bridgehead atoms. The molecule has 0 amide bonds. The summed E-state index contributed by atoms with van der Waals surface area (Å²) in [7, 11) is 0. The van der Waals surface area contributed by atoms with Crippen molar-refractivity contribution in [1.29, 1.82) is 0 Å². The van der Waals surface area contributed by atoms with Gasteiger partial charge >= 0.3 is 0 Å². The molecule has 0 aromatic heterocycles. The number of Topliss-reactive ketones (excluding diaryl/α,β-unsaturated/α-hetero) is 1. The van der Waals surface area contributed by atoms with Gasteiger partial charge < -0.3 is 4.90 Å². The highest BCUT2D eigenvalue weighted by atomic mass is 35.5. The number of nitrogens with zero attached hydrogens (tertiary/aromatic N) is 1. The molecule has 4 heteroatoms. The maximum Gasteiger partial charge on any atom is 0.164 e. The van der Waals surface area contributed by atoms with Crippen LogP contribution >= 0.6 is 24.0 Å². The SMILES string of the molecule is CCN(CC)CCC(=O)c1ccc(Cl)c2ccccc12.Cl. The van der Waals surface area contributed by atoms with E-state index in [9.17, 15) is 4.79 Å². The molecular formula is C17H21Cl2NO. The van der Waals surface area contributed by atoms with Crippen LogP contribution in [0.15, 0.2) is 36.4 Å². The second-order valence-corrected chi connectivity index (χ2v) is 5.25. The van der Waals surface area contributed by atoms with Crippen LogP contribution in [0.4, 0.5) is 0 Å². The highest BCUT2D eigenvalue weighted by molar-refractivity contribution is 6.36. The van der Waals surface area contributed by atoms with Crippen LogP contribution < -0.4 is 0 Å². The third kappa shape index (κ3) is 4.19. The summed E-state index contributed by atoms with van der Waals surface area (Å²) in [5.74, 6) is 0.185. The number of benzene rings is 2. The Morgan fingerprint density at radius 1 is 1.05 bits per heavy atom. The zero-order valence-corrected chi connectivity index (χ0v) is 14.0. The Morgan fingerprint density at radius 2 is 1.67 bits per heavy atom. The van der Waals surface area contributed by atoms with E-state index >= 15 is 0 Å². The average Bonchev–Trinajstić information content (AvgIpc) is 2.48. The quantitative estimate of drug-likeness (QED) is 0.709. The number of hydrogen-bond acceptors (Lipinski definition) is 2. The van der Waals surface area contributed by atoms with Crippen molar-refractivity contribution in [3.63, 3.8) is 0 Å². The van der Waals surface area contributed by atoms with Gasteiger partial charge in [-0.1, -0.05) is 49.7 Å². The number of rotatable bonds is 6. The van der Waals surface area contributed by atoms with E-state index in [1.165, 1.54) is 0 Å². The fourth-order valence-electron chi connectivity index (χ4n) is 2.44. The lowest BCUT2D eigenvalue weighted by Crippen LogP contribution is -2.25. The van der Waals surface area contributed by atoms with Crippen LogP contribution in [0, 0.1) is 0 Å². The van der Waals surface area contributed by atoms with Gasteiger partial charge in [0.2, 0.25) is 0 Å². The van der Waals surface area contributed by atoms with E-state index in [-0.39, 0.29) is 18.2 Å². The van der Waals surface area contributed by atoms with Crippen LogP contribution in [0.5, 0.6) is 0 Å². The Labute approximate surface area is 137 Å². The predicted molar refractivity (Wildman–Crippen MR) is 92.9 cm³/mol. The van der Waals surface area contributed by atoms with Gasteiger partial charge in [0.1, 0.15) is 0 Å². The molecule has 2 rings (SSSR count). The van der Waals surface area contributed by atoms with E-state index in [0.717, 1.165) is 36.0 Å². The largest absolute Gasteiger partial charge is 0.303 e. The topological polar surface area (TPSA) is 20.3 Å². The fraction of sp³-hybridized carbons (Fsp3) is 0.353. The van der Waals surface area contributed by atoms with Gasteiger partial charge in [0.25, 0.3) is 0 Å². The van der Waals surface area contributed by atoms with Crippen LogP contribution in [0.1, 0.15) is 30.6 Å². The maximum atomic E-state index is 12.4. The lowest BCUT2D eigenvalue weighted by atomic mass is 10.00. The van der Waals surface area contributed by atoms with Crippen LogP contribution in [-0.2, 0) is 0 Å². The average molecular weight is 326 g/mol. The lowest BCUT2D eigenvalue weighted by Gasteiger charge is -2.17. The zero-order chi connectivity index (χ0) is 14.5. The Hall–Kier alpha value is -1.09. The van der Waals surface area contributed by atoms with Gasteiger partial charge in [0.05, 0.1) is 0 Å². The summed E-state index contributed by atoms with van der Waals surface area (Å²) in [6.45, 7) is 7.00. The summed E-state index contributed by atoms with van der Waals surface area (Å²) in [6, 6.07) is 11.5. The molecule has 0 saturated heterocycles. The summed E-state index contributed by atoms with van der Waals surface area (Å²) < 4.78 is 0. The van der Waals surface area contributed by atoms with Crippen molar-refractivity contribution in [2.75, 3.05) is 19.6 Å². The molecule has 2 nitrogen and oxygen atoms in total. The number of fused-ring (bicyclic) bond motifs is 1. The first-order valence-corrected chi connectivity index (χ1v) is 7.48. The number of ketones is 1. The van der Waals surface area contributed by atoms with Crippen molar-refractivity contribution in [3.05, 3.63) is 47.0 Å². The minimum Gasteiger partial charge on any atom is -0.303 e.